The molecule has 0 amide bonds. The van der Waals surface area contributed by atoms with Crippen molar-refractivity contribution in [3.05, 3.63) is 40.9 Å². The maximum Gasteiger partial charge on any atom is 0.120 e. The topological polar surface area (TPSA) is 29.4 Å². The third kappa shape index (κ3) is 2.13. The standard InChI is InChI=1S/C11H14ClNO/c1-4-8-5-6-10(12)9(7-8)11(2,3)13-14/h4-5,7,10H,1,6H2,2-3H3. The van der Waals surface area contributed by atoms with Crippen LogP contribution in [0.1, 0.15) is 20.3 Å². The van der Waals surface area contributed by atoms with Gasteiger partial charge >= 0.3 is 0 Å². The largest absolute Gasteiger partial charge is 0.150 e. The van der Waals surface area contributed by atoms with E-state index in [1.54, 1.807) is 19.9 Å². The Balaban J connectivity index is 3.06. The Morgan fingerprint density at radius 2 is 2.36 bits per heavy atom. The maximum atomic E-state index is 10.7. The van der Waals surface area contributed by atoms with Crippen molar-refractivity contribution in [3.63, 3.8) is 0 Å². The summed E-state index contributed by atoms with van der Waals surface area (Å²) in [5.74, 6) is 0. The van der Waals surface area contributed by atoms with Crippen molar-refractivity contribution in [1.82, 2.24) is 0 Å². The lowest BCUT2D eigenvalue weighted by Crippen LogP contribution is -2.27. The van der Waals surface area contributed by atoms with Crippen molar-refractivity contribution in [2.24, 2.45) is 5.18 Å². The number of alkyl halides is 1. The lowest BCUT2D eigenvalue weighted by molar-refractivity contribution is 0.581. The van der Waals surface area contributed by atoms with E-state index in [1.165, 1.54) is 0 Å². The van der Waals surface area contributed by atoms with Crippen LogP contribution in [0.4, 0.5) is 0 Å². The van der Waals surface area contributed by atoms with Crippen molar-refractivity contribution in [2.75, 3.05) is 0 Å². The summed E-state index contributed by atoms with van der Waals surface area (Å²) in [7, 11) is 0. The number of nitroso groups, excluding NO2 is 1. The summed E-state index contributed by atoms with van der Waals surface area (Å²) in [6.45, 7) is 7.23. The second-order valence-corrected chi connectivity index (χ2v) is 4.39. The molecule has 1 atom stereocenters. The van der Waals surface area contributed by atoms with Crippen LogP contribution in [0.15, 0.2) is 41.1 Å². The Hall–Kier alpha value is -0.890. The lowest BCUT2D eigenvalue weighted by atomic mass is 9.86. The third-order valence-corrected chi connectivity index (χ3v) is 2.80. The van der Waals surface area contributed by atoms with Gasteiger partial charge in [-0.1, -0.05) is 30.0 Å². The van der Waals surface area contributed by atoms with E-state index in [0.29, 0.717) is 0 Å². The second-order valence-electron chi connectivity index (χ2n) is 3.86. The van der Waals surface area contributed by atoms with Gasteiger partial charge in [-0.05, 0) is 31.4 Å². The molecule has 0 fully saturated rings. The van der Waals surface area contributed by atoms with Gasteiger partial charge in [-0.3, -0.25) is 0 Å². The summed E-state index contributed by atoms with van der Waals surface area (Å²) in [5.41, 5.74) is 1.15. The monoisotopic (exact) mass is 211 g/mol. The highest BCUT2D eigenvalue weighted by Gasteiger charge is 2.30. The first-order chi connectivity index (χ1) is 6.51. The summed E-state index contributed by atoms with van der Waals surface area (Å²) < 4.78 is 0. The van der Waals surface area contributed by atoms with Crippen molar-refractivity contribution in [1.29, 1.82) is 0 Å². The number of rotatable bonds is 3. The summed E-state index contributed by atoms with van der Waals surface area (Å²) >= 11 is 6.12. The first kappa shape index (κ1) is 11.2. The van der Waals surface area contributed by atoms with E-state index in [2.05, 4.69) is 11.8 Å². The number of hydrogen-bond donors (Lipinski definition) is 0. The minimum atomic E-state index is -0.727. The normalized spacial score (nSPS) is 22.4. The van der Waals surface area contributed by atoms with Crippen molar-refractivity contribution in [3.8, 4) is 0 Å². The van der Waals surface area contributed by atoms with E-state index >= 15 is 0 Å². The predicted molar refractivity (Wildman–Crippen MR) is 60.5 cm³/mol. The molecule has 0 aliphatic heterocycles. The molecule has 1 rings (SSSR count). The number of halogens is 1. The van der Waals surface area contributed by atoms with E-state index in [0.717, 1.165) is 17.6 Å². The van der Waals surface area contributed by atoms with Crippen LogP contribution < -0.4 is 0 Å². The Labute approximate surface area is 89.3 Å². The maximum absolute atomic E-state index is 10.7. The van der Waals surface area contributed by atoms with Gasteiger partial charge in [0.05, 0.1) is 5.38 Å². The van der Waals surface area contributed by atoms with Crippen molar-refractivity contribution < 1.29 is 0 Å². The molecule has 76 valence electrons. The summed E-state index contributed by atoms with van der Waals surface area (Å²) in [6, 6.07) is 0. The number of hydrogen-bond acceptors (Lipinski definition) is 2. The summed E-state index contributed by atoms with van der Waals surface area (Å²) in [6.07, 6.45) is 6.39. The van der Waals surface area contributed by atoms with Crippen LogP contribution in [0.3, 0.4) is 0 Å². The highest BCUT2D eigenvalue weighted by atomic mass is 35.5. The molecule has 0 bridgehead atoms. The second kappa shape index (κ2) is 4.09. The van der Waals surface area contributed by atoms with Gasteiger partial charge in [0.25, 0.3) is 0 Å². The third-order valence-electron chi connectivity index (χ3n) is 2.39. The van der Waals surface area contributed by atoms with Crippen LogP contribution in [-0.2, 0) is 0 Å². The molecule has 0 saturated carbocycles. The van der Waals surface area contributed by atoms with E-state index < -0.39 is 5.54 Å². The molecule has 1 aliphatic rings. The van der Waals surface area contributed by atoms with E-state index in [9.17, 15) is 4.91 Å². The molecule has 0 saturated heterocycles. The van der Waals surface area contributed by atoms with E-state index in [1.807, 2.05) is 12.2 Å². The molecule has 2 nitrogen and oxygen atoms in total. The predicted octanol–water partition coefficient (Wildman–Crippen LogP) is 3.58. The smallest absolute Gasteiger partial charge is 0.120 e. The molecule has 0 aromatic carbocycles. The van der Waals surface area contributed by atoms with E-state index in [-0.39, 0.29) is 5.38 Å². The van der Waals surface area contributed by atoms with Gasteiger partial charge < -0.3 is 0 Å². The lowest BCUT2D eigenvalue weighted by Gasteiger charge is -2.26. The molecule has 0 spiro atoms. The van der Waals surface area contributed by atoms with E-state index in [4.69, 9.17) is 11.6 Å². The Morgan fingerprint density at radius 3 is 2.86 bits per heavy atom. The zero-order chi connectivity index (χ0) is 10.8. The molecule has 0 N–H and O–H groups in total. The van der Waals surface area contributed by atoms with Gasteiger partial charge in [-0.15, -0.1) is 16.5 Å². The molecule has 14 heavy (non-hydrogen) atoms. The fourth-order valence-electron chi connectivity index (χ4n) is 1.45. The zero-order valence-corrected chi connectivity index (χ0v) is 9.21. The highest BCUT2D eigenvalue weighted by molar-refractivity contribution is 6.22. The van der Waals surface area contributed by atoms with Crippen molar-refractivity contribution >= 4 is 11.6 Å². The fourth-order valence-corrected chi connectivity index (χ4v) is 1.87. The summed E-state index contributed by atoms with van der Waals surface area (Å²) in [4.78, 5) is 10.7. The highest BCUT2D eigenvalue weighted by Crippen LogP contribution is 2.33. The Morgan fingerprint density at radius 1 is 1.71 bits per heavy atom. The summed E-state index contributed by atoms with van der Waals surface area (Å²) in [5, 5.41) is 2.97. The first-order valence-corrected chi connectivity index (χ1v) is 4.98. The number of allylic oxidation sites excluding steroid dienone is 4. The molecular weight excluding hydrogens is 198 g/mol. The quantitative estimate of drug-likeness (QED) is 0.518. The van der Waals surface area contributed by atoms with Crippen molar-refractivity contribution in [2.45, 2.75) is 31.2 Å². The van der Waals surface area contributed by atoms with Crippen LogP contribution in [-0.4, -0.2) is 10.9 Å². The molecule has 1 aliphatic carbocycles. The van der Waals surface area contributed by atoms with Crippen LogP contribution in [0.5, 0.6) is 0 Å². The minimum Gasteiger partial charge on any atom is -0.150 e. The van der Waals surface area contributed by atoms with Gasteiger partial charge in [0.2, 0.25) is 0 Å². The molecule has 0 aromatic rings. The molecule has 0 heterocycles. The van der Waals surface area contributed by atoms with Gasteiger partial charge in [-0.25, -0.2) is 0 Å². The van der Waals surface area contributed by atoms with Gasteiger partial charge in [0, 0.05) is 0 Å². The zero-order valence-electron chi connectivity index (χ0n) is 8.46. The van der Waals surface area contributed by atoms with Crippen LogP contribution in [0.2, 0.25) is 0 Å². The number of nitrogens with zero attached hydrogens (tertiary/aromatic N) is 1. The molecular formula is C11H14ClNO. The van der Waals surface area contributed by atoms with Gasteiger partial charge in [0.15, 0.2) is 0 Å². The molecule has 1 unspecified atom stereocenters. The molecule has 0 aromatic heterocycles. The molecule has 3 heteroatoms. The molecule has 0 radical (unpaired) electrons. The van der Waals surface area contributed by atoms with Gasteiger partial charge in [0.1, 0.15) is 5.54 Å². The van der Waals surface area contributed by atoms with Crippen LogP contribution in [0, 0.1) is 4.91 Å². The Kier molecular flexibility index (Phi) is 3.27. The first-order valence-electron chi connectivity index (χ1n) is 4.54. The average Bonchev–Trinajstić information content (AvgIpc) is 2.18. The van der Waals surface area contributed by atoms with Gasteiger partial charge in [-0.2, -0.15) is 0 Å². The van der Waals surface area contributed by atoms with Crippen LogP contribution in [0.25, 0.3) is 0 Å². The SMILES string of the molecule is C=CC1=CCC(Cl)C(C(C)(C)N=O)=C1. The van der Waals surface area contributed by atoms with Crippen LogP contribution >= 0.6 is 11.6 Å². The average molecular weight is 212 g/mol. The fraction of sp³-hybridized carbons (Fsp3) is 0.455. The minimum absolute atomic E-state index is 0.133. The Bertz CT molecular complexity index is 315.